The van der Waals surface area contributed by atoms with Gasteiger partial charge in [-0.15, -0.1) is 0 Å². The van der Waals surface area contributed by atoms with E-state index in [2.05, 4.69) is 237 Å². The third-order valence-electron chi connectivity index (χ3n) is 16.4. The van der Waals surface area contributed by atoms with Crippen molar-refractivity contribution >= 4 is 71.3 Å². The van der Waals surface area contributed by atoms with E-state index >= 15 is 0 Å². The van der Waals surface area contributed by atoms with Crippen LogP contribution in [-0.2, 0) is 35.5 Å². The molecule has 11 heteroatoms. The molecule has 1 unspecified atom stereocenters. The van der Waals surface area contributed by atoms with Gasteiger partial charge < -0.3 is 22.0 Å². The molecule has 6 aromatic carbocycles. The van der Waals surface area contributed by atoms with Crippen molar-refractivity contribution in [1.82, 2.24) is 0 Å². The number of hydrogen-bond acceptors (Lipinski definition) is 7. The van der Waals surface area contributed by atoms with Gasteiger partial charge in [-0.3, -0.25) is 4.52 Å². The topological polar surface area (TPSA) is 80.3 Å². The van der Waals surface area contributed by atoms with E-state index < -0.39 is 55.4 Å². The highest BCUT2D eigenvalue weighted by atomic mass is 31.2. The third kappa shape index (κ3) is 12.4. The van der Waals surface area contributed by atoms with Gasteiger partial charge in [-0.25, -0.2) is 4.79 Å². The zero-order valence-electron chi connectivity index (χ0n) is 54.1. The molecule has 1 aliphatic rings. The number of aryl methyl sites for hydroxylation is 6. The first kappa shape index (κ1) is 62.2. The molecule has 1 aliphatic heterocycles. The van der Waals surface area contributed by atoms with E-state index in [9.17, 15) is 4.79 Å². The summed E-state index contributed by atoms with van der Waals surface area (Å²) in [5.41, 5.74) is 16.9. The van der Waals surface area contributed by atoms with Crippen molar-refractivity contribution in [3.8, 4) is 44.9 Å². The van der Waals surface area contributed by atoms with Gasteiger partial charge in [0.15, 0.2) is 5.60 Å². The minimum Gasteiger partial charge on any atom is -0.417 e. The minimum absolute atomic E-state index is 0.138. The van der Waals surface area contributed by atoms with Gasteiger partial charge in [0.25, 0.3) is 0 Å². The van der Waals surface area contributed by atoms with Gasteiger partial charge in [-0.05, 0) is 178 Å². The molecule has 1 fully saturated rings. The molecule has 0 aliphatic carbocycles. The van der Waals surface area contributed by atoms with Gasteiger partial charge in [0, 0.05) is 33.0 Å². The van der Waals surface area contributed by atoms with Crippen LogP contribution < -0.4 is 19.4 Å². The first-order valence-electron chi connectivity index (χ1n) is 29.3. The summed E-state index contributed by atoms with van der Waals surface area (Å²) in [6.07, 6.45) is 0.921. The molecule has 1 atom stereocenters. The normalized spacial score (nSPS) is 15.4. The summed E-state index contributed by atoms with van der Waals surface area (Å²) in [7, 11) is -8.71. The Bertz CT molecular complexity index is 3530. The standard InChI is InChI=1S/C70H94O7P2Si2/c1-27-70(28-2)65(71)76-79(77-70)73-62-52(34-48(36-56(62)69(18,19)20)60-45(7)31-42(4)32-46(60)8)51-33-47(59-43(5)29-41(3)30-44(59)6)35-55(68(15,16)17)61(51)72-78-74-63-53(37-49(66(9,10)11)39-57(63)80(21,22)23)54-38-50(67(12,13)14)40-58(64(54)75-78)81(24,25)26/h29-40H,27-28H2,1-26H3. The highest BCUT2D eigenvalue weighted by molar-refractivity contribution is 7.43. The molecule has 0 radical (unpaired) electrons. The fourth-order valence-electron chi connectivity index (χ4n) is 11.8. The van der Waals surface area contributed by atoms with E-state index in [1.54, 1.807) is 0 Å². The van der Waals surface area contributed by atoms with Crippen molar-refractivity contribution < 1.29 is 31.3 Å². The molecular weight excluding hydrogens is 1070 g/mol. The molecule has 0 amide bonds. The predicted molar refractivity (Wildman–Crippen MR) is 352 cm³/mol. The molecule has 0 bridgehead atoms. The Balaban J connectivity index is 1.62. The van der Waals surface area contributed by atoms with Crippen molar-refractivity contribution in [2.75, 3.05) is 0 Å². The van der Waals surface area contributed by atoms with Crippen LogP contribution in [0.5, 0.6) is 11.5 Å². The lowest BCUT2D eigenvalue weighted by Gasteiger charge is -2.30. The van der Waals surface area contributed by atoms with E-state index in [1.807, 2.05) is 13.8 Å². The van der Waals surface area contributed by atoms with Crippen LogP contribution in [0.1, 0.15) is 165 Å². The van der Waals surface area contributed by atoms with Crippen molar-refractivity contribution in [3.63, 3.8) is 0 Å². The second kappa shape index (κ2) is 21.6. The molecule has 0 saturated carbocycles. The monoisotopic (exact) mass is 1160 g/mol. The van der Waals surface area contributed by atoms with Crippen LogP contribution in [0.2, 0.25) is 39.3 Å². The SMILES string of the molecule is CCC1(CC)OP(Oc2c(-c3cc(-c4c(C)cc(C)cc4C)cc(C(C)(C)C)c3Op3oc4c([Si](C)(C)C)cc(C(C)(C)C)cc4c4cc(C(C)(C)C)cc([Si](C)(C)C)c4o3)cc(-c3c(C)cc(C)cc3C)cc2C(C)(C)C)OC1=O. The zero-order valence-corrected chi connectivity index (χ0v) is 57.9. The van der Waals surface area contributed by atoms with Crippen molar-refractivity contribution in [2.24, 2.45) is 0 Å². The van der Waals surface area contributed by atoms with Crippen LogP contribution in [0.3, 0.4) is 0 Å². The van der Waals surface area contributed by atoms with Gasteiger partial charge >= 0.3 is 22.8 Å². The number of rotatable bonds is 11. The highest BCUT2D eigenvalue weighted by Crippen LogP contribution is 2.59. The summed E-state index contributed by atoms with van der Waals surface area (Å²) in [5, 5.41) is 4.57. The van der Waals surface area contributed by atoms with Crippen LogP contribution in [0, 0.1) is 41.5 Å². The van der Waals surface area contributed by atoms with Gasteiger partial charge in [0.2, 0.25) is 0 Å². The number of hydrogen-bond donors (Lipinski definition) is 0. The van der Waals surface area contributed by atoms with Crippen LogP contribution in [0.4, 0.5) is 0 Å². The summed E-state index contributed by atoms with van der Waals surface area (Å²) in [5.74, 6) is 0.823. The maximum Gasteiger partial charge on any atom is 0.466 e. The molecule has 81 heavy (non-hydrogen) atoms. The Morgan fingerprint density at radius 2 is 0.840 bits per heavy atom. The summed E-state index contributed by atoms with van der Waals surface area (Å²) < 4.78 is 43.4. The van der Waals surface area contributed by atoms with Gasteiger partial charge in [0.05, 0.1) is 16.1 Å². The molecule has 7 nitrogen and oxygen atoms in total. The summed E-state index contributed by atoms with van der Waals surface area (Å²) in [6, 6.07) is 27.8. The van der Waals surface area contributed by atoms with Gasteiger partial charge in [-0.1, -0.05) is 184 Å². The van der Waals surface area contributed by atoms with Crippen molar-refractivity contribution in [3.05, 3.63) is 128 Å². The predicted octanol–water partition coefficient (Wildman–Crippen LogP) is 21.0. The number of carbonyl (C=O) groups excluding carboxylic acids is 1. The Hall–Kier alpha value is -4.89. The van der Waals surface area contributed by atoms with Crippen LogP contribution in [0.25, 0.3) is 55.3 Å². The van der Waals surface area contributed by atoms with Crippen molar-refractivity contribution in [2.45, 2.75) is 218 Å². The summed E-state index contributed by atoms with van der Waals surface area (Å²) in [4.78, 5) is 13.9. The van der Waals surface area contributed by atoms with Crippen LogP contribution in [-0.4, -0.2) is 27.7 Å². The second-order valence-corrected chi connectivity index (χ2v) is 41.7. The summed E-state index contributed by atoms with van der Waals surface area (Å²) in [6.45, 7) is 58.8. The molecule has 1 aromatic heterocycles. The fourth-order valence-corrected chi connectivity index (χ4v) is 17.4. The van der Waals surface area contributed by atoms with Crippen LogP contribution >= 0.6 is 16.8 Å². The lowest BCUT2D eigenvalue weighted by Crippen LogP contribution is -2.39. The van der Waals surface area contributed by atoms with Gasteiger partial charge in [0.1, 0.15) is 22.7 Å². The molecule has 434 valence electrons. The number of benzene rings is 6. The van der Waals surface area contributed by atoms with E-state index in [-0.39, 0.29) is 10.8 Å². The number of fused-ring (bicyclic) bond motifs is 3. The first-order valence-corrected chi connectivity index (χ1v) is 38.5. The second-order valence-electron chi connectivity index (χ2n) is 29.6. The first-order chi connectivity index (χ1) is 37.2. The molecule has 7 aromatic rings. The Labute approximate surface area is 491 Å². The molecule has 1 saturated heterocycles. The fraction of sp³-hybridized carbons (Fsp3) is 0.471. The zero-order chi connectivity index (χ0) is 60.2. The average Bonchev–Trinajstić information content (AvgIpc) is 3.89. The van der Waals surface area contributed by atoms with Gasteiger partial charge in [-0.2, -0.15) is 0 Å². The molecular formula is C70H94O7P2Si2. The smallest absolute Gasteiger partial charge is 0.417 e. The molecule has 0 spiro atoms. The van der Waals surface area contributed by atoms with E-state index in [0.717, 1.165) is 66.4 Å². The number of carbonyl (C=O) groups is 1. The molecule has 2 heterocycles. The Kier molecular flexibility index (Phi) is 16.6. The largest absolute Gasteiger partial charge is 0.466 e. The van der Waals surface area contributed by atoms with Crippen LogP contribution in [0.15, 0.2) is 81.2 Å². The Morgan fingerprint density at radius 3 is 1.15 bits per heavy atom. The maximum atomic E-state index is 13.9. The third-order valence-corrected chi connectivity index (χ3v) is 22.5. The average molecular weight is 1170 g/mol. The Morgan fingerprint density at radius 1 is 0.481 bits per heavy atom. The van der Waals surface area contributed by atoms with E-state index in [4.69, 9.17) is 26.5 Å². The lowest BCUT2D eigenvalue weighted by atomic mass is 9.78. The minimum atomic E-state index is -2.23. The quantitative estimate of drug-likeness (QED) is 0.0943. The lowest BCUT2D eigenvalue weighted by molar-refractivity contribution is -0.143. The van der Waals surface area contributed by atoms with E-state index in [1.165, 1.54) is 54.9 Å². The summed E-state index contributed by atoms with van der Waals surface area (Å²) >= 11 is 0. The van der Waals surface area contributed by atoms with Crippen molar-refractivity contribution in [1.29, 1.82) is 0 Å². The molecule has 8 rings (SSSR count). The highest BCUT2D eigenvalue weighted by Gasteiger charge is 2.51. The molecule has 0 N–H and O–H groups in total. The maximum absolute atomic E-state index is 13.9. The van der Waals surface area contributed by atoms with E-state index in [0.29, 0.717) is 24.3 Å².